The number of rotatable bonds is 4. The van der Waals surface area contributed by atoms with Gasteiger partial charge in [0.15, 0.2) is 0 Å². The Morgan fingerprint density at radius 2 is 1.81 bits per heavy atom. The molecule has 3 aromatic heterocycles. The first-order valence-corrected chi connectivity index (χ1v) is 10.5. The standard InChI is InChI=1S/C23H23N7O2/c1-28-19-6-2-3-7-20(19)30(23(28)32)21-8-4-5-16(26-21)22(31)27-17-15-25-10-9-18(17)29-13-11-24-12-14-29/h2-10,15,24H,11-14H2,1H3,(H,27,31). The SMILES string of the molecule is Cn1c(=O)n(-c2cccc(C(=O)Nc3cnccc3N3CCNCC3)n2)c2ccccc21. The van der Waals surface area contributed by atoms with Crippen molar-refractivity contribution in [3.63, 3.8) is 0 Å². The maximum Gasteiger partial charge on any atom is 0.334 e. The van der Waals surface area contributed by atoms with Gasteiger partial charge in [0.25, 0.3) is 5.91 Å². The number of carbonyl (C=O) groups excluding carboxylic acids is 1. The van der Waals surface area contributed by atoms with Crippen LogP contribution >= 0.6 is 0 Å². The summed E-state index contributed by atoms with van der Waals surface area (Å²) in [7, 11) is 1.72. The molecule has 32 heavy (non-hydrogen) atoms. The van der Waals surface area contributed by atoms with Crippen molar-refractivity contribution >= 4 is 28.3 Å². The van der Waals surface area contributed by atoms with Crippen molar-refractivity contribution in [2.24, 2.45) is 7.05 Å². The third kappa shape index (κ3) is 3.52. The van der Waals surface area contributed by atoms with E-state index in [0.29, 0.717) is 11.5 Å². The minimum Gasteiger partial charge on any atom is -0.367 e. The monoisotopic (exact) mass is 429 g/mol. The largest absolute Gasteiger partial charge is 0.367 e. The van der Waals surface area contributed by atoms with Gasteiger partial charge < -0.3 is 15.5 Å². The molecule has 4 aromatic rings. The molecule has 0 spiro atoms. The van der Waals surface area contributed by atoms with Crippen molar-refractivity contribution in [3.05, 3.63) is 77.1 Å². The van der Waals surface area contributed by atoms with Gasteiger partial charge in [-0.05, 0) is 30.3 Å². The topological polar surface area (TPSA) is 97.1 Å². The normalized spacial score (nSPS) is 14.0. The first-order valence-electron chi connectivity index (χ1n) is 10.5. The van der Waals surface area contributed by atoms with Crippen LogP contribution in [0, 0.1) is 0 Å². The zero-order valence-corrected chi connectivity index (χ0v) is 17.7. The highest BCUT2D eigenvalue weighted by atomic mass is 16.2. The zero-order valence-electron chi connectivity index (χ0n) is 17.7. The molecule has 0 bridgehead atoms. The van der Waals surface area contributed by atoms with Crippen molar-refractivity contribution in [2.45, 2.75) is 0 Å². The fourth-order valence-corrected chi connectivity index (χ4v) is 4.04. The smallest absolute Gasteiger partial charge is 0.334 e. The maximum absolute atomic E-state index is 13.1. The first kappa shape index (κ1) is 20.0. The van der Waals surface area contributed by atoms with Crippen LogP contribution in [-0.2, 0) is 7.05 Å². The van der Waals surface area contributed by atoms with Crippen molar-refractivity contribution in [1.82, 2.24) is 24.4 Å². The molecular weight excluding hydrogens is 406 g/mol. The van der Waals surface area contributed by atoms with Crippen molar-refractivity contribution in [2.75, 3.05) is 36.4 Å². The predicted molar refractivity (Wildman–Crippen MR) is 124 cm³/mol. The molecule has 0 aliphatic carbocycles. The van der Waals surface area contributed by atoms with Gasteiger partial charge in [-0.25, -0.2) is 14.3 Å². The summed E-state index contributed by atoms with van der Waals surface area (Å²) in [5.74, 6) is 0.0393. The van der Waals surface area contributed by atoms with Crippen molar-refractivity contribution < 1.29 is 4.79 Å². The van der Waals surface area contributed by atoms with Gasteiger partial charge in [-0.2, -0.15) is 0 Å². The average molecular weight is 429 g/mol. The second-order valence-corrected chi connectivity index (χ2v) is 7.63. The molecule has 1 saturated heterocycles. The summed E-state index contributed by atoms with van der Waals surface area (Å²) in [6.07, 6.45) is 3.37. The molecule has 4 heterocycles. The van der Waals surface area contributed by atoms with Crippen LogP contribution in [0.3, 0.4) is 0 Å². The highest BCUT2D eigenvalue weighted by Gasteiger charge is 2.18. The van der Waals surface area contributed by atoms with Gasteiger partial charge in [0, 0.05) is 39.4 Å². The lowest BCUT2D eigenvalue weighted by molar-refractivity contribution is 0.102. The number of anilines is 2. The number of imidazole rings is 1. The molecule has 162 valence electrons. The summed E-state index contributed by atoms with van der Waals surface area (Å²) in [6.45, 7) is 3.48. The van der Waals surface area contributed by atoms with E-state index in [1.54, 1.807) is 42.2 Å². The molecule has 0 atom stereocenters. The molecule has 0 radical (unpaired) electrons. The number of hydrogen-bond donors (Lipinski definition) is 2. The lowest BCUT2D eigenvalue weighted by Crippen LogP contribution is -2.43. The number of benzene rings is 1. The number of aryl methyl sites for hydroxylation is 1. The molecule has 1 aliphatic heterocycles. The van der Waals surface area contributed by atoms with Gasteiger partial charge in [0.1, 0.15) is 11.5 Å². The van der Waals surface area contributed by atoms with Gasteiger partial charge in [0.2, 0.25) is 0 Å². The predicted octanol–water partition coefficient (Wildman–Crippen LogP) is 1.78. The summed E-state index contributed by atoms with van der Waals surface area (Å²) >= 11 is 0. The van der Waals surface area contributed by atoms with E-state index in [1.165, 1.54) is 4.57 Å². The molecule has 5 rings (SSSR count). The highest BCUT2D eigenvalue weighted by Crippen LogP contribution is 2.25. The summed E-state index contributed by atoms with van der Waals surface area (Å²) in [5.41, 5.74) is 3.09. The van der Waals surface area contributed by atoms with E-state index in [2.05, 4.69) is 25.5 Å². The summed E-state index contributed by atoms with van der Waals surface area (Å²) in [6, 6.07) is 14.5. The molecule has 1 aromatic carbocycles. The zero-order chi connectivity index (χ0) is 22.1. The molecule has 1 amide bonds. The lowest BCUT2D eigenvalue weighted by atomic mass is 10.2. The van der Waals surface area contributed by atoms with E-state index in [9.17, 15) is 9.59 Å². The van der Waals surface area contributed by atoms with Crippen LogP contribution in [0.1, 0.15) is 10.5 Å². The summed E-state index contributed by atoms with van der Waals surface area (Å²) in [5, 5.41) is 6.27. The molecule has 0 saturated carbocycles. The minimum absolute atomic E-state index is 0.218. The number of amides is 1. The number of nitrogens with one attached hydrogen (secondary N) is 2. The number of carbonyl (C=O) groups is 1. The molecule has 9 heteroatoms. The molecule has 9 nitrogen and oxygen atoms in total. The van der Waals surface area contributed by atoms with Gasteiger partial charge in [0.05, 0.1) is 28.6 Å². The number of piperazine rings is 1. The molecule has 1 aliphatic rings. The summed E-state index contributed by atoms with van der Waals surface area (Å²) < 4.78 is 3.08. The quantitative estimate of drug-likeness (QED) is 0.513. The number of aromatic nitrogens is 4. The van der Waals surface area contributed by atoms with E-state index in [1.807, 2.05) is 30.3 Å². The first-order chi connectivity index (χ1) is 15.6. The van der Waals surface area contributed by atoms with Gasteiger partial charge in [-0.3, -0.25) is 14.3 Å². The van der Waals surface area contributed by atoms with E-state index >= 15 is 0 Å². The number of fused-ring (bicyclic) bond motifs is 1. The second-order valence-electron chi connectivity index (χ2n) is 7.63. The summed E-state index contributed by atoms with van der Waals surface area (Å²) in [4.78, 5) is 36.8. The number of hydrogen-bond acceptors (Lipinski definition) is 6. The van der Waals surface area contributed by atoms with Gasteiger partial charge >= 0.3 is 5.69 Å². The van der Waals surface area contributed by atoms with Crippen molar-refractivity contribution in [1.29, 1.82) is 0 Å². The van der Waals surface area contributed by atoms with E-state index in [4.69, 9.17) is 0 Å². The maximum atomic E-state index is 13.1. The van der Waals surface area contributed by atoms with Gasteiger partial charge in [-0.15, -0.1) is 0 Å². The van der Waals surface area contributed by atoms with E-state index in [0.717, 1.165) is 42.9 Å². The fourth-order valence-electron chi connectivity index (χ4n) is 4.04. The van der Waals surface area contributed by atoms with Crippen LogP contribution < -0.4 is 21.2 Å². The van der Waals surface area contributed by atoms with Crippen LogP contribution in [0.2, 0.25) is 0 Å². The van der Waals surface area contributed by atoms with Gasteiger partial charge in [-0.1, -0.05) is 18.2 Å². The highest BCUT2D eigenvalue weighted by molar-refractivity contribution is 6.04. The van der Waals surface area contributed by atoms with Crippen LogP contribution in [0.25, 0.3) is 16.9 Å². The number of pyridine rings is 2. The Hall–Kier alpha value is -3.98. The Morgan fingerprint density at radius 1 is 1.03 bits per heavy atom. The van der Waals surface area contributed by atoms with E-state index < -0.39 is 0 Å². The molecule has 1 fully saturated rings. The Balaban J connectivity index is 1.47. The number of para-hydroxylation sites is 2. The molecule has 2 N–H and O–H groups in total. The average Bonchev–Trinajstić information content (AvgIpc) is 3.10. The van der Waals surface area contributed by atoms with Crippen LogP contribution in [0.15, 0.2) is 65.7 Å². The van der Waals surface area contributed by atoms with Crippen LogP contribution in [0.5, 0.6) is 0 Å². The fraction of sp³-hybridized carbons (Fsp3) is 0.217. The van der Waals surface area contributed by atoms with Crippen LogP contribution in [-0.4, -0.2) is 51.2 Å². The molecular formula is C23H23N7O2. The third-order valence-corrected chi connectivity index (χ3v) is 5.66. The van der Waals surface area contributed by atoms with E-state index in [-0.39, 0.29) is 17.3 Å². The van der Waals surface area contributed by atoms with Crippen molar-refractivity contribution in [3.8, 4) is 5.82 Å². The lowest BCUT2D eigenvalue weighted by Gasteiger charge is -2.30. The second kappa shape index (κ2) is 8.27. The minimum atomic E-state index is -0.357. The Morgan fingerprint density at radius 3 is 2.62 bits per heavy atom. The Kier molecular flexibility index (Phi) is 5.16. The molecule has 0 unspecified atom stereocenters. The third-order valence-electron chi connectivity index (χ3n) is 5.66. The Bertz CT molecular complexity index is 1350. The van der Waals surface area contributed by atoms with Crippen LogP contribution in [0.4, 0.5) is 11.4 Å². The Labute approximate surface area is 184 Å². The number of nitrogens with zero attached hydrogens (tertiary/aromatic N) is 5.